The van der Waals surface area contributed by atoms with Gasteiger partial charge in [0.05, 0.1) is 16.9 Å². The summed E-state index contributed by atoms with van der Waals surface area (Å²) in [6.07, 6.45) is 10.3. The van der Waals surface area contributed by atoms with E-state index in [1.54, 1.807) is 29.2 Å². The van der Waals surface area contributed by atoms with Crippen LogP contribution in [0.3, 0.4) is 0 Å². The molecule has 1 amide bonds. The molecule has 1 aliphatic heterocycles. The van der Waals surface area contributed by atoms with Gasteiger partial charge in [-0.1, -0.05) is 30.3 Å². The van der Waals surface area contributed by atoms with E-state index in [1.807, 2.05) is 59.3 Å². The van der Waals surface area contributed by atoms with E-state index in [0.29, 0.717) is 11.4 Å². The monoisotopic (exact) mass is 470 g/mol. The van der Waals surface area contributed by atoms with Crippen LogP contribution in [0, 0.1) is 0 Å². The fourth-order valence-electron chi connectivity index (χ4n) is 3.08. The molecule has 0 spiro atoms. The van der Waals surface area contributed by atoms with Gasteiger partial charge in [-0.25, -0.2) is 9.98 Å². The van der Waals surface area contributed by atoms with Gasteiger partial charge in [0.25, 0.3) is 5.91 Å². The highest BCUT2D eigenvalue weighted by Gasteiger charge is 2.33. The van der Waals surface area contributed by atoms with Gasteiger partial charge in [-0.3, -0.25) is 9.69 Å². The lowest BCUT2D eigenvalue weighted by atomic mass is 10.2. The van der Waals surface area contributed by atoms with E-state index in [2.05, 4.69) is 23.4 Å². The van der Waals surface area contributed by atoms with Crippen molar-refractivity contribution in [1.82, 2.24) is 14.5 Å². The fourth-order valence-corrected chi connectivity index (χ4v) is 4.52. The molecule has 0 unspecified atom stereocenters. The van der Waals surface area contributed by atoms with Crippen LogP contribution in [0.4, 0.5) is 5.69 Å². The average molecular weight is 471 g/mol. The van der Waals surface area contributed by atoms with Crippen molar-refractivity contribution in [3.05, 3.63) is 83.8 Å². The zero-order valence-electron chi connectivity index (χ0n) is 17.0. The minimum Gasteiger partial charge on any atom is -0.337 e. The Hall–Kier alpha value is -2.48. The van der Waals surface area contributed by atoms with Crippen LogP contribution in [0.5, 0.6) is 0 Å². The molecule has 0 bridgehead atoms. The van der Waals surface area contributed by atoms with E-state index in [0.717, 1.165) is 29.4 Å². The molecule has 2 aromatic carbocycles. The Morgan fingerprint density at radius 3 is 2.55 bits per heavy atom. The number of rotatable bonds is 7. The largest absolute Gasteiger partial charge is 0.337 e. The van der Waals surface area contributed by atoms with Crippen LogP contribution in [0.15, 0.2) is 88.1 Å². The summed E-state index contributed by atoms with van der Waals surface area (Å²) >= 11 is 3.14. The third kappa shape index (κ3) is 6.03. The first-order chi connectivity index (χ1) is 14.7. The summed E-state index contributed by atoms with van der Waals surface area (Å²) < 4.78 is 2.02. The molecule has 3 aromatic rings. The van der Waals surface area contributed by atoms with Crippen LogP contribution in [-0.2, 0) is 11.3 Å². The number of hydrogen-bond donors (Lipinski definition) is 0. The van der Waals surface area contributed by atoms with Gasteiger partial charge in [-0.2, -0.15) is 0 Å². The molecule has 4 rings (SSSR count). The van der Waals surface area contributed by atoms with Gasteiger partial charge >= 0.3 is 0 Å². The van der Waals surface area contributed by atoms with Crippen molar-refractivity contribution in [2.75, 3.05) is 12.8 Å². The maximum absolute atomic E-state index is 13.2. The van der Waals surface area contributed by atoms with E-state index >= 15 is 0 Å². The van der Waals surface area contributed by atoms with Gasteiger partial charge < -0.3 is 4.57 Å². The zero-order chi connectivity index (χ0) is 20.8. The molecule has 5 nitrogen and oxygen atoms in total. The molecule has 31 heavy (non-hydrogen) atoms. The van der Waals surface area contributed by atoms with Crippen molar-refractivity contribution in [2.24, 2.45) is 4.99 Å². The molecule has 1 aromatic heterocycles. The van der Waals surface area contributed by atoms with Crippen LogP contribution in [0.25, 0.3) is 6.08 Å². The number of halogens is 1. The van der Waals surface area contributed by atoms with Gasteiger partial charge in [-0.05, 0) is 60.3 Å². The number of amidine groups is 1. The fraction of sp³-hybridized carbons (Fsp3) is 0.174. The Morgan fingerprint density at radius 1 is 1.10 bits per heavy atom. The Kier molecular flexibility index (Phi) is 8.40. The molecule has 0 radical (unpaired) electrons. The maximum Gasteiger partial charge on any atom is 0.266 e. The molecule has 8 heteroatoms. The Morgan fingerprint density at radius 2 is 1.87 bits per heavy atom. The van der Waals surface area contributed by atoms with Crippen LogP contribution < -0.4 is 0 Å². The summed E-state index contributed by atoms with van der Waals surface area (Å²) in [5, 5.41) is 0.726. The molecule has 1 fully saturated rings. The Labute approximate surface area is 197 Å². The summed E-state index contributed by atoms with van der Waals surface area (Å²) in [5.74, 6) is 0.00857. The second kappa shape index (κ2) is 11.2. The first kappa shape index (κ1) is 23.2. The predicted molar refractivity (Wildman–Crippen MR) is 133 cm³/mol. The normalized spacial score (nSPS) is 16.2. The standard InChI is InChI=1S/C23H22N4OS2.ClH/c1-29-20-10-8-18(9-11-20)16-21-22(28)27(14-5-13-26-15-12-24-17-26)23(30-21)25-19-6-3-2-4-7-19;/h2-4,6-12,15-17H,5,13-14H2,1H3;1H/b21-16+,25-23?;. The van der Waals surface area contributed by atoms with Gasteiger partial charge in [-0.15, -0.1) is 24.2 Å². The number of thioether (sulfide) groups is 2. The van der Waals surface area contributed by atoms with E-state index in [1.165, 1.54) is 16.7 Å². The minimum absolute atomic E-state index is 0. The number of aryl methyl sites for hydroxylation is 1. The van der Waals surface area contributed by atoms with Crippen LogP contribution in [0.2, 0.25) is 0 Å². The lowest BCUT2D eigenvalue weighted by Gasteiger charge is -2.15. The average Bonchev–Trinajstić information content (AvgIpc) is 3.39. The molecule has 0 atom stereocenters. The molecule has 1 saturated heterocycles. The number of para-hydroxylation sites is 1. The van der Waals surface area contributed by atoms with Crippen LogP contribution in [0.1, 0.15) is 12.0 Å². The van der Waals surface area contributed by atoms with E-state index in [4.69, 9.17) is 4.99 Å². The van der Waals surface area contributed by atoms with Crippen molar-refractivity contribution in [1.29, 1.82) is 0 Å². The van der Waals surface area contributed by atoms with Crippen molar-refractivity contribution >= 4 is 58.8 Å². The molecule has 0 saturated carbocycles. The van der Waals surface area contributed by atoms with Crippen LogP contribution in [-0.4, -0.2) is 38.3 Å². The lowest BCUT2D eigenvalue weighted by molar-refractivity contribution is -0.122. The van der Waals surface area contributed by atoms with Crippen molar-refractivity contribution in [3.8, 4) is 0 Å². The Bertz CT molecular complexity index is 1050. The second-order valence-corrected chi connectivity index (χ2v) is 8.61. The quantitative estimate of drug-likeness (QED) is 0.327. The first-order valence-corrected chi connectivity index (χ1v) is 11.7. The number of carbonyl (C=O) groups excluding carboxylic acids is 1. The zero-order valence-corrected chi connectivity index (χ0v) is 19.5. The van der Waals surface area contributed by atoms with E-state index in [9.17, 15) is 4.79 Å². The summed E-state index contributed by atoms with van der Waals surface area (Å²) in [6, 6.07) is 18.0. The number of aliphatic imine (C=N–C) groups is 1. The SMILES string of the molecule is CSc1ccc(/C=C2/SC(=Nc3ccccc3)N(CCCn3ccnc3)C2=O)cc1.Cl. The lowest BCUT2D eigenvalue weighted by Crippen LogP contribution is -2.30. The van der Waals surface area contributed by atoms with Gasteiger partial charge in [0.1, 0.15) is 0 Å². The van der Waals surface area contributed by atoms with Crippen molar-refractivity contribution < 1.29 is 4.79 Å². The second-order valence-electron chi connectivity index (χ2n) is 6.72. The molecule has 0 N–H and O–H groups in total. The summed E-state index contributed by atoms with van der Waals surface area (Å²) in [7, 11) is 0. The first-order valence-electron chi connectivity index (χ1n) is 9.68. The summed E-state index contributed by atoms with van der Waals surface area (Å²) in [4.78, 5) is 25.7. The molecule has 160 valence electrons. The Balaban J connectivity index is 0.00000272. The highest BCUT2D eigenvalue weighted by atomic mass is 35.5. The topological polar surface area (TPSA) is 50.5 Å². The number of carbonyl (C=O) groups is 1. The van der Waals surface area contributed by atoms with Crippen molar-refractivity contribution in [2.45, 2.75) is 17.9 Å². The highest BCUT2D eigenvalue weighted by Crippen LogP contribution is 2.34. The van der Waals surface area contributed by atoms with E-state index in [-0.39, 0.29) is 18.3 Å². The minimum atomic E-state index is 0. The predicted octanol–water partition coefficient (Wildman–Crippen LogP) is 5.72. The van der Waals surface area contributed by atoms with Gasteiger partial charge in [0.2, 0.25) is 0 Å². The molecule has 2 heterocycles. The number of nitrogens with zero attached hydrogens (tertiary/aromatic N) is 4. The highest BCUT2D eigenvalue weighted by molar-refractivity contribution is 8.18. The van der Waals surface area contributed by atoms with Crippen LogP contribution >= 0.6 is 35.9 Å². The third-order valence-electron chi connectivity index (χ3n) is 4.64. The third-order valence-corrected chi connectivity index (χ3v) is 6.39. The summed E-state index contributed by atoms with van der Waals surface area (Å²) in [5.41, 5.74) is 1.86. The van der Waals surface area contributed by atoms with Gasteiger partial charge in [0, 0.05) is 30.4 Å². The maximum atomic E-state index is 13.2. The molecular formula is C23H23ClN4OS2. The smallest absolute Gasteiger partial charge is 0.266 e. The van der Waals surface area contributed by atoms with E-state index < -0.39 is 0 Å². The van der Waals surface area contributed by atoms with Gasteiger partial charge in [0.15, 0.2) is 5.17 Å². The number of amides is 1. The number of benzene rings is 2. The summed E-state index contributed by atoms with van der Waals surface area (Å²) in [6.45, 7) is 1.42. The van der Waals surface area contributed by atoms with Crippen molar-refractivity contribution in [3.63, 3.8) is 0 Å². The molecular weight excluding hydrogens is 448 g/mol. The molecule has 1 aliphatic rings. The number of hydrogen-bond acceptors (Lipinski definition) is 5. The number of imidazole rings is 1. The molecule has 0 aliphatic carbocycles. The number of aromatic nitrogens is 2.